The van der Waals surface area contributed by atoms with Crippen LogP contribution in [0.5, 0.6) is 0 Å². The third-order valence-electron chi connectivity index (χ3n) is 5.89. The van der Waals surface area contributed by atoms with Crippen LogP contribution in [-0.2, 0) is 10.8 Å². The number of hydrogen-bond acceptors (Lipinski definition) is 2. The molecule has 1 aliphatic carbocycles. The summed E-state index contributed by atoms with van der Waals surface area (Å²) in [6.07, 6.45) is 12.7. The molecular formula is C25H39F5OS. The first kappa shape index (κ1) is 35.0. The maximum atomic E-state index is 5.78. The Labute approximate surface area is 193 Å². The van der Waals surface area contributed by atoms with E-state index in [1.165, 1.54) is 81.0 Å². The maximum absolute atomic E-state index is 5.78. The molecule has 186 valence electrons. The van der Waals surface area contributed by atoms with Crippen molar-refractivity contribution < 1.29 is 27.7 Å². The summed E-state index contributed by atoms with van der Waals surface area (Å²) in [7, 11) is 0. The summed E-state index contributed by atoms with van der Waals surface area (Å²) in [6, 6.07) is 19.4. The molecule has 0 spiro atoms. The first-order chi connectivity index (χ1) is 13.3. The fourth-order valence-corrected chi connectivity index (χ4v) is 4.77. The lowest BCUT2D eigenvalue weighted by Crippen LogP contribution is -2.13. The van der Waals surface area contributed by atoms with E-state index < -0.39 is 0 Å². The quantitative estimate of drug-likeness (QED) is 0.190. The fraction of sp³-hybridized carbons (Fsp3) is 0.520. The highest BCUT2D eigenvalue weighted by atomic mass is 32.2. The van der Waals surface area contributed by atoms with Crippen molar-refractivity contribution in [3.8, 4) is 0 Å². The van der Waals surface area contributed by atoms with E-state index in [9.17, 15) is 0 Å². The lowest BCUT2D eigenvalue weighted by molar-refractivity contribution is 0.302. The van der Waals surface area contributed by atoms with Crippen molar-refractivity contribution in [2.75, 3.05) is 0 Å². The van der Waals surface area contributed by atoms with Crippen LogP contribution in [-0.4, -0.2) is 0 Å². The van der Waals surface area contributed by atoms with Crippen LogP contribution in [0.15, 0.2) is 59.5 Å². The van der Waals surface area contributed by atoms with Gasteiger partial charge < -0.3 is 4.18 Å². The van der Waals surface area contributed by atoms with Crippen LogP contribution in [0.2, 0.25) is 0 Å². The van der Waals surface area contributed by atoms with E-state index in [0.717, 1.165) is 16.7 Å². The molecule has 0 saturated heterocycles. The van der Waals surface area contributed by atoms with Gasteiger partial charge in [-0.15, -0.1) is 0 Å². The van der Waals surface area contributed by atoms with Crippen LogP contribution in [0.4, 0.5) is 23.5 Å². The molecule has 1 fully saturated rings. The first-order valence-electron chi connectivity index (χ1n) is 10.8. The van der Waals surface area contributed by atoms with Gasteiger partial charge in [-0.2, -0.15) is 0 Å². The number of benzene rings is 2. The number of unbranched alkanes of at least 4 members (excludes halogenated alkanes) is 3. The van der Waals surface area contributed by atoms with Gasteiger partial charge in [-0.1, -0.05) is 81.5 Å². The Morgan fingerprint density at radius 3 is 1.97 bits per heavy atom. The zero-order chi connectivity index (χ0) is 18.7. The van der Waals surface area contributed by atoms with Gasteiger partial charge in [-0.3, -0.25) is 23.5 Å². The normalized spacial score (nSPS) is 16.8. The van der Waals surface area contributed by atoms with E-state index in [4.69, 9.17) is 4.18 Å². The van der Waals surface area contributed by atoms with Crippen LogP contribution >= 0.6 is 12.0 Å². The summed E-state index contributed by atoms with van der Waals surface area (Å²) >= 11 is 1.46. The molecule has 1 saturated carbocycles. The van der Waals surface area contributed by atoms with Crippen LogP contribution in [0.3, 0.4) is 0 Å². The Morgan fingerprint density at radius 2 is 1.38 bits per heavy atom. The van der Waals surface area contributed by atoms with Gasteiger partial charge >= 0.3 is 0 Å². The summed E-state index contributed by atoms with van der Waals surface area (Å²) in [5.41, 5.74) is 2.78. The molecule has 0 amide bonds. The van der Waals surface area contributed by atoms with Gasteiger partial charge in [0.05, 0.1) is 6.61 Å². The summed E-state index contributed by atoms with van der Waals surface area (Å²) < 4.78 is 5.78. The molecule has 3 rings (SSSR count). The van der Waals surface area contributed by atoms with Crippen molar-refractivity contribution in [2.45, 2.75) is 82.1 Å². The zero-order valence-corrected chi connectivity index (χ0v) is 19.6. The van der Waals surface area contributed by atoms with Gasteiger partial charge in [0.25, 0.3) is 0 Å². The predicted molar refractivity (Wildman–Crippen MR) is 130 cm³/mol. The molecule has 0 atom stereocenters. The van der Waals surface area contributed by atoms with Crippen LogP contribution in [0, 0.1) is 5.92 Å². The highest BCUT2D eigenvalue weighted by molar-refractivity contribution is 7.94. The molecule has 1 nitrogen and oxygen atoms in total. The highest BCUT2D eigenvalue weighted by Gasteiger charge is 2.21. The van der Waals surface area contributed by atoms with E-state index in [1.807, 2.05) is 18.2 Å². The Kier molecular flexibility index (Phi) is 21.9. The Morgan fingerprint density at radius 1 is 0.750 bits per heavy atom. The largest absolute Gasteiger partial charge is 0.305 e. The summed E-state index contributed by atoms with van der Waals surface area (Å²) in [4.78, 5) is 1.15. The molecule has 2 aromatic rings. The molecule has 0 bridgehead atoms. The molecule has 0 unspecified atom stereocenters. The molecule has 7 heteroatoms. The summed E-state index contributed by atoms with van der Waals surface area (Å²) in [5, 5.41) is 0. The Balaban J connectivity index is -0.00000168. The minimum atomic E-state index is 0. The molecule has 0 aliphatic heterocycles. The standard InChI is InChI=1S/C25H34OS.5FH/c1-2-3-4-6-9-21-12-16-23(17-13-21)24-18-14-22(15-19-24)20-26-27-25-10-7-5-8-11-25;;;;;/h5,7-8,10-11,14-15,18-19,21,23H,2-4,6,9,12-13,16-17,20H2,1H3;5*1H. The Hall–Kier alpha value is -1.60. The molecule has 32 heavy (non-hydrogen) atoms. The Bertz CT molecular complexity index is 649. The summed E-state index contributed by atoms with van der Waals surface area (Å²) in [5.74, 6) is 1.76. The summed E-state index contributed by atoms with van der Waals surface area (Å²) in [6.45, 7) is 2.95. The van der Waals surface area contributed by atoms with Gasteiger partial charge in [-0.05, 0) is 60.8 Å². The van der Waals surface area contributed by atoms with Crippen LogP contribution in [0.25, 0.3) is 0 Å². The van der Waals surface area contributed by atoms with Crippen molar-refractivity contribution in [3.05, 3.63) is 65.7 Å². The molecule has 0 radical (unpaired) electrons. The minimum Gasteiger partial charge on any atom is -0.305 e. The van der Waals surface area contributed by atoms with Gasteiger partial charge in [0.15, 0.2) is 0 Å². The average molecular weight is 483 g/mol. The first-order valence-corrected chi connectivity index (χ1v) is 11.5. The van der Waals surface area contributed by atoms with E-state index in [2.05, 4.69) is 43.3 Å². The SMILES string of the molecule is CCCCCCC1CCC(c2ccc(COSc3ccccc3)cc2)CC1.F.F.F.F.F. The topological polar surface area (TPSA) is 9.23 Å². The van der Waals surface area contributed by atoms with Crippen molar-refractivity contribution in [1.29, 1.82) is 0 Å². The third kappa shape index (κ3) is 11.9. The van der Waals surface area contributed by atoms with E-state index in [0.29, 0.717) is 6.61 Å². The average Bonchev–Trinajstić information content (AvgIpc) is 2.73. The smallest absolute Gasteiger partial charge is 0.0869 e. The van der Waals surface area contributed by atoms with Crippen LogP contribution in [0.1, 0.15) is 81.8 Å². The second kappa shape index (κ2) is 20.0. The lowest BCUT2D eigenvalue weighted by atomic mass is 9.77. The molecule has 0 aromatic heterocycles. The fourth-order valence-electron chi connectivity index (χ4n) is 4.17. The molecule has 0 N–H and O–H groups in total. The molecule has 1 aliphatic rings. The number of hydrogen-bond donors (Lipinski definition) is 0. The van der Waals surface area contributed by atoms with Crippen molar-refractivity contribution in [2.24, 2.45) is 5.92 Å². The van der Waals surface area contributed by atoms with Crippen molar-refractivity contribution in [1.82, 2.24) is 0 Å². The number of rotatable bonds is 10. The lowest BCUT2D eigenvalue weighted by Gasteiger charge is -2.29. The van der Waals surface area contributed by atoms with Gasteiger partial charge in [-0.25, -0.2) is 0 Å². The predicted octanol–water partition coefficient (Wildman–Crippen LogP) is 8.92. The highest BCUT2D eigenvalue weighted by Crippen LogP contribution is 2.37. The third-order valence-corrected chi connectivity index (χ3v) is 6.59. The van der Waals surface area contributed by atoms with E-state index >= 15 is 0 Å². The second-order valence-corrected chi connectivity index (χ2v) is 8.84. The maximum Gasteiger partial charge on any atom is 0.0869 e. The van der Waals surface area contributed by atoms with Crippen molar-refractivity contribution in [3.63, 3.8) is 0 Å². The van der Waals surface area contributed by atoms with Crippen molar-refractivity contribution >= 4 is 12.0 Å². The van der Waals surface area contributed by atoms with E-state index in [-0.39, 0.29) is 23.5 Å². The van der Waals surface area contributed by atoms with Gasteiger partial charge in [0.1, 0.15) is 0 Å². The zero-order valence-electron chi connectivity index (χ0n) is 18.8. The number of halogens is 5. The minimum absolute atomic E-state index is 0. The van der Waals surface area contributed by atoms with Crippen LogP contribution < -0.4 is 0 Å². The van der Waals surface area contributed by atoms with Gasteiger partial charge in [0, 0.05) is 16.9 Å². The monoisotopic (exact) mass is 482 g/mol. The molecule has 0 heterocycles. The van der Waals surface area contributed by atoms with E-state index in [1.54, 1.807) is 0 Å². The molecular weight excluding hydrogens is 443 g/mol. The molecule has 2 aromatic carbocycles. The second-order valence-electron chi connectivity index (χ2n) is 7.97. The van der Waals surface area contributed by atoms with Gasteiger partial charge in [0.2, 0.25) is 0 Å².